The minimum absolute atomic E-state index is 0.0286. The van der Waals surface area contributed by atoms with Crippen LogP contribution in [-0.4, -0.2) is 46.6 Å². The smallest absolute Gasteiger partial charge is 0.243 e. The van der Waals surface area contributed by atoms with Gasteiger partial charge in [0.1, 0.15) is 0 Å². The number of hydrogen-bond acceptors (Lipinski definition) is 5. The second kappa shape index (κ2) is 7.94. The first-order valence-corrected chi connectivity index (χ1v) is 10.9. The third-order valence-corrected chi connectivity index (χ3v) is 7.22. The van der Waals surface area contributed by atoms with Crippen molar-refractivity contribution in [1.29, 1.82) is 0 Å². The molecule has 0 bridgehead atoms. The SMILES string of the molecule is CCN(CC)S(=O)(=O)c1ccc(S(=O)(=O)NCC(=O)C(C)(C)C)cc1. The second-order valence-corrected chi connectivity index (χ2v) is 10.3. The standard InChI is InChI=1S/C16H26N2O5S2/c1-6-18(7-2)25(22,23)14-10-8-13(9-11-14)24(20,21)17-12-15(19)16(3,4)5/h8-11,17H,6-7,12H2,1-5H3. The lowest BCUT2D eigenvalue weighted by atomic mass is 9.91. The summed E-state index contributed by atoms with van der Waals surface area (Å²) in [5.74, 6) is -0.239. The number of nitrogens with one attached hydrogen (secondary N) is 1. The molecule has 1 aromatic carbocycles. The summed E-state index contributed by atoms with van der Waals surface area (Å²) in [5, 5.41) is 0. The summed E-state index contributed by atoms with van der Waals surface area (Å²) >= 11 is 0. The summed E-state index contributed by atoms with van der Waals surface area (Å²) in [6, 6.07) is 4.96. The molecule has 0 heterocycles. The quantitative estimate of drug-likeness (QED) is 0.727. The van der Waals surface area contributed by atoms with Gasteiger partial charge in [0, 0.05) is 18.5 Å². The fourth-order valence-corrected chi connectivity index (χ4v) is 4.45. The Hall–Kier alpha value is -1.29. The molecular formula is C16H26N2O5S2. The van der Waals surface area contributed by atoms with Gasteiger partial charge in [-0.25, -0.2) is 21.6 Å². The average Bonchev–Trinajstić information content (AvgIpc) is 2.52. The predicted octanol–water partition coefficient (Wildman–Crippen LogP) is 1.61. The van der Waals surface area contributed by atoms with Gasteiger partial charge in [0.25, 0.3) is 0 Å². The van der Waals surface area contributed by atoms with Crippen LogP contribution in [0.3, 0.4) is 0 Å². The molecule has 9 heteroatoms. The van der Waals surface area contributed by atoms with E-state index in [1.807, 2.05) is 0 Å². The Morgan fingerprint density at radius 2 is 1.40 bits per heavy atom. The van der Waals surface area contributed by atoms with Crippen molar-refractivity contribution in [2.45, 2.75) is 44.4 Å². The number of rotatable bonds is 8. The lowest BCUT2D eigenvalue weighted by molar-refractivity contribution is -0.125. The van der Waals surface area contributed by atoms with E-state index in [9.17, 15) is 21.6 Å². The second-order valence-electron chi connectivity index (χ2n) is 6.56. The van der Waals surface area contributed by atoms with Crippen molar-refractivity contribution in [3.63, 3.8) is 0 Å². The fourth-order valence-electron chi connectivity index (χ4n) is 2.01. The molecule has 0 spiro atoms. The van der Waals surface area contributed by atoms with Gasteiger partial charge >= 0.3 is 0 Å². The molecular weight excluding hydrogens is 364 g/mol. The minimum atomic E-state index is -3.89. The van der Waals surface area contributed by atoms with Gasteiger partial charge in [-0.05, 0) is 24.3 Å². The first-order valence-electron chi connectivity index (χ1n) is 7.99. The lowest BCUT2D eigenvalue weighted by Crippen LogP contribution is -2.35. The van der Waals surface area contributed by atoms with Gasteiger partial charge in [-0.15, -0.1) is 0 Å². The number of hydrogen-bond donors (Lipinski definition) is 1. The molecule has 0 aliphatic heterocycles. The molecule has 0 aliphatic carbocycles. The molecule has 0 saturated carbocycles. The zero-order valence-electron chi connectivity index (χ0n) is 15.2. The van der Waals surface area contributed by atoms with Crippen molar-refractivity contribution in [2.24, 2.45) is 5.41 Å². The van der Waals surface area contributed by atoms with Crippen LogP contribution in [0.1, 0.15) is 34.6 Å². The monoisotopic (exact) mass is 390 g/mol. The molecule has 1 N–H and O–H groups in total. The highest BCUT2D eigenvalue weighted by Crippen LogP contribution is 2.19. The van der Waals surface area contributed by atoms with Crippen LogP contribution in [0.4, 0.5) is 0 Å². The Labute approximate surface area is 150 Å². The summed E-state index contributed by atoms with van der Waals surface area (Å²) in [5.41, 5.74) is -0.649. The van der Waals surface area contributed by atoms with Crippen molar-refractivity contribution in [3.05, 3.63) is 24.3 Å². The largest absolute Gasteiger partial charge is 0.298 e. The zero-order valence-corrected chi connectivity index (χ0v) is 16.9. The van der Waals surface area contributed by atoms with Gasteiger partial charge in [-0.2, -0.15) is 4.31 Å². The van der Waals surface area contributed by atoms with E-state index in [1.54, 1.807) is 34.6 Å². The van der Waals surface area contributed by atoms with Gasteiger partial charge in [0.2, 0.25) is 20.0 Å². The van der Waals surface area contributed by atoms with Crippen LogP contribution in [0, 0.1) is 5.41 Å². The number of nitrogens with zero attached hydrogens (tertiary/aromatic N) is 1. The maximum absolute atomic E-state index is 12.4. The number of carbonyl (C=O) groups is 1. The van der Waals surface area contributed by atoms with E-state index in [-0.39, 0.29) is 22.1 Å². The number of carbonyl (C=O) groups excluding carboxylic acids is 1. The number of ketones is 1. The summed E-state index contributed by atoms with van der Waals surface area (Å²) in [6.07, 6.45) is 0. The maximum Gasteiger partial charge on any atom is 0.243 e. The molecule has 0 atom stereocenters. The van der Waals surface area contributed by atoms with E-state index in [1.165, 1.54) is 28.6 Å². The molecule has 0 aromatic heterocycles. The van der Waals surface area contributed by atoms with Crippen molar-refractivity contribution in [3.8, 4) is 0 Å². The van der Waals surface area contributed by atoms with Crippen LogP contribution in [0.5, 0.6) is 0 Å². The van der Waals surface area contributed by atoms with E-state index in [0.717, 1.165) is 0 Å². The highest BCUT2D eigenvalue weighted by atomic mass is 32.2. The molecule has 0 amide bonds. The van der Waals surface area contributed by atoms with Gasteiger partial charge in [-0.1, -0.05) is 34.6 Å². The normalized spacial score (nSPS) is 13.2. The fraction of sp³-hybridized carbons (Fsp3) is 0.562. The first-order chi connectivity index (χ1) is 11.4. The lowest BCUT2D eigenvalue weighted by Gasteiger charge is -2.19. The van der Waals surface area contributed by atoms with Crippen LogP contribution >= 0.6 is 0 Å². The minimum Gasteiger partial charge on any atom is -0.298 e. The van der Waals surface area contributed by atoms with Crippen molar-refractivity contribution < 1.29 is 21.6 Å². The Balaban J connectivity index is 3.01. The maximum atomic E-state index is 12.4. The van der Waals surface area contributed by atoms with Crippen LogP contribution < -0.4 is 4.72 Å². The molecule has 0 fully saturated rings. The molecule has 1 rings (SSSR count). The number of sulfonamides is 2. The molecule has 0 radical (unpaired) electrons. The Morgan fingerprint density at radius 3 is 1.80 bits per heavy atom. The van der Waals surface area contributed by atoms with Crippen molar-refractivity contribution >= 4 is 25.8 Å². The van der Waals surface area contributed by atoms with Gasteiger partial charge in [0.05, 0.1) is 16.3 Å². The third-order valence-electron chi connectivity index (χ3n) is 3.74. The van der Waals surface area contributed by atoms with Crippen LogP contribution in [0.2, 0.25) is 0 Å². The van der Waals surface area contributed by atoms with Crippen molar-refractivity contribution in [2.75, 3.05) is 19.6 Å². The average molecular weight is 391 g/mol. The summed E-state index contributed by atoms with van der Waals surface area (Å²) in [4.78, 5) is 11.8. The van der Waals surface area contributed by atoms with E-state index in [4.69, 9.17) is 0 Å². The highest BCUT2D eigenvalue weighted by Gasteiger charge is 2.25. The molecule has 0 unspecified atom stereocenters. The van der Waals surface area contributed by atoms with Gasteiger partial charge in [-0.3, -0.25) is 4.79 Å². The number of benzene rings is 1. The third kappa shape index (κ3) is 5.34. The van der Waals surface area contributed by atoms with E-state index in [2.05, 4.69) is 4.72 Å². The molecule has 1 aromatic rings. The van der Waals surface area contributed by atoms with Gasteiger partial charge < -0.3 is 0 Å². The highest BCUT2D eigenvalue weighted by molar-refractivity contribution is 7.89. The molecule has 0 saturated heterocycles. The van der Waals surface area contributed by atoms with Crippen LogP contribution in [0.15, 0.2) is 34.1 Å². The van der Waals surface area contributed by atoms with Gasteiger partial charge in [0.15, 0.2) is 5.78 Å². The molecule has 0 aliphatic rings. The van der Waals surface area contributed by atoms with E-state index >= 15 is 0 Å². The first kappa shape index (κ1) is 21.8. The predicted molar refractivity (Wildman–Crippen MR) is 96.2 cm³/mol. The van der Waals surface area contributed by atoms with E-state index < -0.39 is 25.5 Å². The summed E-state index contributed by atoms with van der Waals surface area (Å²) in [6.45, 7) is 8.92. The Bertz CT molecular complexity index is 803. The van der Waals surface area contributed by atoms with Crippen molar-refractivity contribution in [1.82, 2.24) is 9.03 Å². The molecule has 7 nitrogen and oxygen atoms in total. The molecule has 25 heavy (non-hydrogen) atoms. The van der Waals surface area contributed by atoms with Crippen LogP contribution in [-0.2, 0) is 24.8 Å². The summed E-state index contributed by atoms with van der Waals surface area (Å²) in [7, 11) is -7.53. The van der Waals surface area contributed by atoms with E-state index in [0.29, 0.717) is 13.1 Å². The number of Topliss-reactive ketones (excluding diaryl/α,β-unsaturated/α-hetero) is 1. The molecule has 142 valence electrons. The Morgan fingerprint density at radius 1 is 0.960 bits per heavy atom. The van der Waals surface area contributed by atoms with Crippen LogP contribution in [0.25, 0.3) is 0 Å². The Kier molecular flexibility index (Phi) is 6.91. The zero-order chi connectivity index (χ0) is 19.5. The topological polar surface area (TPSA) is 101 Å². The summed E-state index contributed by atoms with van der Waals surface area (Å²) < 4.78 is 52.8.